The number of halogens is 2. The summed E-state index contributed by atoms with van der Waals surface area (Å²) in [5.74, 6) is 2.37. The zero-order valence-corrected chi connectivity index (χ0v) is 27.6. The molecule has 0 atom stereocenters. The van der Waals surface area contributed by atoms with Gasteiger partial charge in [0, 0.05) is 87.7 Å². The molecule has 10 nitrogen and oxygen atoms in total. The van der Waals surface area contributed by atoms with Crippen LogP contribution in [0.5, 0.6) is 17.2 Å². The average Bonchev–Trinajstić information content (AvgIpc) is 2.97. The fourth-order valence-corrected chi connectivity index (χ4v) is 7.31. The summed E-state index contributed by atoms with van der Waals surface area (Å²) < 4.78 is 27.1. The highest BCUT2D eigenvalue weighted by Crippen LogP contribution is 2.52. The Bertz CT molecular complexity index is 1560. The van der Waals surface area contributed by atoms with Gasteiger partial charge in [-0.3, -0.25) is 14.7 Å². The number of aromatic nitrogens is 3. The Morgan fingerprint density at radius 2 is 1.96 bits per heavy atom. The van der Waals surface area contributed by atoms with Crippen LogP contribution in [0.25, 0.3) is 0 Å². The number of benzene rings is 1. The van der Waals surface area contributed by atoms with E-state index in [0.717, 1.165) is 76.7 Å². The molecule has 1 aliphatic carbocycles. The summed E-state index contributed by atoms with van der Waals surface area (Å²) in [5, 5.41) is 3.38. The van der Waals surface area contributed by atoms with Crippen molar-refractivity contribution in [2.45, 2.75) is 58.7 Å². The topological polar surface area (TPSA) is 96.0 Å². The van der Waals surface area contributed by atoms with Gasteiger partial charge in [-0.05, 0) is 63.8 Å². The van der Waals surface area contributed by atoms with Gasteiger partial charge >= 0.3 is 0 Å². The fourth-order valence-electron chi connectivity index (χ4n) is 7.31. The number of rotatable bonds is 10. The highest BCUT2D eigenvalue weighted by molar-refractivity contribution is 5.97. The maximum Gasteiger partial charge on any atom is 0.257 e. The van der Waals surface area contributed by atoms with Crippen LogP contribution in [0, 0.1) is 17.2 Å². The predicted octanol–water partition coefficient (Wildman–Crippen LogP) is 4.72. The first-order valence-electron chi connectivity index (χ1n) is 16.2. The number of hydrogen-bond acceptors (Lipinski definition) is 9. The smallest absolute Gasteiger partial charge is 0.257 e. The van der Waals surface area contributed by atoms with E-state index >= 15 is 0 Å². The van der Waals surface area contributed by atoms with Crippen LogP contribution in [0.4, 0.5) is 10.2 Å². The lowest BCUT2D eigenvalue weighted by atomic mass is 9.61. The maximum absolute atomic E-state index is 14.3. The lowest BCUT2D eigenvalue weighted by molar-refractivity contribution is -0.0353. The monoisotopic (exact) mass is 651 g/mol. The Balaban J connectivity index is 0.00000372. The molecule has 1 N–H and O–H groups in total. The summed E-state index contributed by atoms with van der Waals surface area (Å²) in [6, 6.07) is 6.04. The largest absolute Gasteiger partial charge is 0.490 e. The molecule has 1 spiro atoms. The van der Waals surface area contributed by atoms with Gasteiger partial charge in [-0.1, -0.05) is 0 Å². The van der Waals surface area contributed by atoms with Crippen molar-refractivity contribution in [2.24, 2.45) is 11.3 Å². The minimum atomic E-state index is -0.489. The molecule has 2 saturated heterocycles. The van der Waals surface area contributed by atoms with E-state index in [2.05, 4.69) is 30.1 Å². The molecule has 3 fully saturated rings. The Morgan fingerprint density at radius 1 is 1.15 bits per heavy atom. The van der Waals surface area contributed by atoms with Gasteiger partial charge in [-0.25, -0.2) is 14.4 Å². The van der Waals surface area contributed by atoms with Crippen molar-refractivity contribution in [3.8, 4) is 17.2 Å². The zero-order chi connectivity index (χ0) is 31.1. The van der Waals surface area contributed by atoms with E-state index in [9.17, 15) is 9.18 Å². The van der Waals surface area contributed by atoms with Gasteiger partial charge in [-0.2, -0.15) is 0 Å². The van der Waals surface area contributed by atoms with Crippen molar-refractivity contribution < 1.29 is 18.7 Å². The maximum atomic E-state index is 14.3. The van der Waals surface area contributed by atoms with Crippen LogP contribution < -0.4 is 19.7 Å². The van der Waals surface area contributed by atoms with Crippen LogP contribution in [-0.4, -0.2) is 88.6 Å². The van der Waals surface area contributed by atoms with Crippen molar-refractivity contribution >= 4 is 24.1 Å². The molecule has 4 aliphatic rings. The Morgan fingerprint density at radius 3 is 2.67 bits per heavy atom. The van der Waals surface area contributed by atoms with Gasteiger partial charge < -0.3 is 24.6 Å². The number of ether oxygens (including phenoxy) is 2. The van der Waals surface area contributed by atoms with E-state index in [1.807, 2.05) is 33.0 Å². The van der Waals surface area contributed by atoms with Gasteiger partial charge in [0.2, 0.25) is 0 Å². The lowest BCUT2D eigenvalue weighted by Crippen LogP contribution is -2.65. The summed E-state index contributed by atoms with van der Waals surface area (Å²) in [4.78, 5) is 33.1. The molecule has 3 aromatic rings. The summed E-state index contributed by atoms with van der Waals surface area (Å²) in [6.45, 7) is 13.3. The SMILES string of the molecule is CCN(C(=O)c1cc(F)ccc1Oc1cncnc1N1CC2(CC(Oc3ccnc4c3CN(CC3CNC3)CC4)C2)C1)C(C)C.Cl. The van der Waals surface area contributed by atoms with Gasteiger partial charge in [0.15, 0.2) is 11.6 Å². The molecule has 12 heteroatoms. The number of nitrogens with one attached hydrogen (secondary N) is 1. The van der Waals surface area contributed by atoms with E-state index in [4.69, 9.17) is 9.47 Å². The number of hydrogen-bond donors (Lipinski definition) is 1. The van der Waals surface area contributed by atoms with Crippen molar-refractivity contribution in [3.05, 3.63) is 65.6 Å². The van der Waals surface area contributed by atoms with Crippen LogP contribution >= 0.6 is 12.4 Å². The number of fused-ring (bicyclic) bond motifs is 1. The number of carbonyl (C=O) groups excluding carboxylic acids is 1. The fraction of sp³-hybridized carbons (Fsp3) is 0.529. The van der Waals surface area contributed by atoms with Gasteiger partial charge in [0.1, 0.15) is 29.7 Å². The van der Waals surface area contributed by atoms with E-state index in [-0.39, 0.29) is 47.2 Å². The number of amides is 1. The molecular weight excluding hydrogens is 609 g/mol. The van der Waals surface area contributed by atoms with E-state index in [1.165, 1.54) is 35.8 Å². The molecule has 1 saturated carbocycles. The third kappa shape index (κ3) is 6.37. The van der Waals surface area contributed by atoms with E-state index in [1.54, 1.807) is 11.1 Å². The first-order chi connectivity index (χ1) is 21.8. The number of anilines is 1. The van der Waals surface area contributed by atoms with Crippen molar-refractivity contribution in [2.75, 3.05) is 50.7 Å². The molecule has 46 heavy (non-hydrogen) atoms. The average molecular weight is 652 g/mol. The zero-order valence-electron chi connectivity index (χ0n) is 26.7. The van der Waals surface area contributed by atoms with Crippen LogP contribution in [0.1, 0.15) is 55.2 Å². The predicted molar refractivity (Wildman–Crippen MR) is 175 cm³/mol. The molecule has 1 amide bonds. The number of nitrogens with zero attached hydrogens (tertiary/aromatic N) is 6. The van der Waals surface area contributed by atoms with E-state index in [0.29, 0.717) is 18.1 Å². The first-order valence-corrected chi connectivity index (χ1v) is 16.2. The second kappa shape index (κ2) is 13.3. The second-order valence-electron chi connectivity index (χ2n) is 13.4. The standard InChI is InChI=1S/C34H42FN7O3.ClH/c1-4-42(22(2)3)33(43)26-11-24(35)5-6-29(26)45-31-16-37-21-39-32(31)41-19-34(20-41)12-25(13-34)44-30-7-9-38-28-8-10-40(18-27(28)30)17-23-14-36-15-23;/h5-7,9,11,16,21-23,25,36H,4,8,10,12-15,17-20H2,1-3H3;1H. The summed E-state index contributed by atoms with van der Waals surface area (Å²) in [5.41, 5.74) is 2.79. The van der Waals surface area contributed by atoms with Crippen LogP contribution in [0.2, 0.25) is 0 Å². The normalized spacial score (nSPS) is 19.0. The first kappa shape index (κ1) is 32.4. The van der Waals surface area contributed by atoms with Crippen molar-refractivity contribution in [3.63, 3.8) is 0 Å². The van der Waals surface area contributed by atoms with Crippen LogP contribution in [-0.2, 0) is 13.0 Å². The molecule has 1 aromatic carbocycles. The van der Waals surface area contributed by atoms with Crippen LogP contribution in [0.15, 0.2) is 43.0 Å². The molecule has 2 aromatic heterocycles. The Kier molecular flexibility index (Phi) is 9.36. The quantitative estimate of drug-likeness (QED) is 0.334. The minimum absolute atomic E-state index is 0. The highest BCUT2D eigenvalue weighted by atomic mass is 35.5. The molecule has 3 aliphatic heterocycles. The van der Waals surface area contributed by atoms with Crippen LogP contribution in [0.3, 0.4) is 0 Å². The summed E-state index contributed by atoms with van der Waals surface area (Å²) >= 11 is 0. The third-order valence-electron chi connectivity index (χ3n) is 9.77. The van der Waals surface area contributed by atoms with Gasteiger partial charge in [0.05, 0.1) is 11.8 Å². The summed E-state index contributed by atoms with van der Waals surface area (Å²) in [6.07, 6.45) is 8.12. The molecule has 246 valence electrons. The lowest BCUT2D eigenvalue weighted by Gasteiger charge is -2.59. The highest BCUT2D eigenvalue weighted by Gasteiger charge is 2.54. The molecule has 7 rings (SSSR count). The summed E-state index contributed by atoms with van der Waals surface area (Å²) in [7, 11) is 0. The minimum Gasteiger partial charge on any atom is -0.490 e. The third-order valence-corrected chi connectivity index (χ3v) is 9.77. The Labute approximate surface area is 276 Å². The van der Waals surface area contributed by atoms with E-state index < -0.39 is 5.82 Å². The number of carbonyl (C=O) groups is 1. The van der Waals surface area contributed by atoms with Crippen molar-refractivity contribution in [1.82, 2.24) is 30.1 Å². The molecule has 0 radical (unpaired) electrons. The Hall–Kier alpha value is -3.54. The molecule has 0 bridgehead atoms. The molecule has 0 unspecified atom stereocenters. The van der Waals surface area contributed by atoms with Gasteiger partial charge in [-0.15, -0.1) is 12.4 Å². The number of pyridine rings is 1. The van der Waals surface area contributed by atoms with Crippen molar-refractivity contribution in [1.29, 1.82) is 0 Å². The molecular formula is C34H43ClFN7O3. The van der Waals surface area contributed by atoms with Gasteiger partial charge in [0.25, 0.3) is 5.91 Å². The molecule has 5 heterocycles. The second-order valence-corrected chi connectivity index (χ2v) is 13.4.